The van der Waals surface area contributed by atoms with Gasteiger partial charge >= 0.3 is 0 Å². The van der Waals surface area contributed by atoms with Gasteiger partial charge in [0.2, 0.25) is 0 Å². The largest absolute Gasteiger partial charge is 0.497 e. The Bertz CT molecular complexity index is 960. The Kier molecular flexibility index (Phi) is 8.21. The van der Waals surface area contributed by atoms with Crippen molar-refractivity contribution in [2.24, 2.45) is 5.92 Å². The lowest BCUT2D eigenvalue weighted by atomic mass is 9.86. The SMILES string of the molecule is COc1ccc(OC[C@@H](O)C[N+]2(Cc3ccc([N+](=O)[O-])cc3)CCC(C)CC2)c(C(C)(C)C)c1. The maximum Gasteiger partial charge on any atom is 0.269 e. The van der Waals surface area contributed by atoms with Crippen LogP contribution in [0.3, 0.4) is 0 Å². The number of nitro groups is 1. The molecule has 0 saturated carbocycles. The first-order valence-electron chi connectivity index (χ1n) is 12.1. The third-order valence-corrected chi connectivity index (χ3v) is 6.88. The lowest BCUT2D eigenvalue weighted by molar-refractivity contribution is -0.948. The molecule has 2 aromatic rings. The van der Waals surface area contributed by atoms with Crippen molar-refractivity contribution in [1.82, 2.24) is 0 Å². The van der Waals surface area contributed by atoms with E-state index >= 15 is 0 Å². The zero-order valence-electron chi connectivity index (χ0n) is 21.1. The van der Waals surface area contributed by atoms with Crippen molar-refractivity contribution in [3.8, 4) is 11.5 Å². The number of non-ortho nitro benzene ring substituents is 1. The second-order valence-corrected chi connectivity index (χ2v) is 10.8. The Morgan fingerprint density at radius 3 is 2.35 bits per heavy atom. The highest BCUT2D eigenvalue weighted by atomic mass is 16.6. The molecule has 186 valence electrons. The molecule has 34 heavy (non-hydrogen) atoms. The zero-order valence-corrected chi connectivity index (χ0v) is 21.1. The van der Waals surface area contributed by atoms with Gasteiger partial charge in [-0.05, 0) is 54.5 Å². The minimum Gasteiger partial charge on any atom is -0.497 e. The van der Waals surface area contributed by atoms with Crippen LogP contribution in [-0.2, 0) is 12.0 Å². The topological polar surface area (TPSA) is 81.8 Å². The molecule has 1 fully saturated rings. The molecule has 1 saturated heterocycles. The summed E-state index contributed by atoms with van der Waals surface area (Å²) in [6.07, 6.45) is 1.59. The number of ether oxygens (including phenoxy) is 2. The fourth-order valence-electron chi connectivity index (χ4n) is 4.79. The van der Waals surface area contributed by atoms with E-state index in [0.29, 0.717) is 12.5 Å². The number of hydrogen-bond acceptors (Lipinski definition) is 5. The number of hydrogen-bond donors (Lipinski definition) is 1. The molecule has 0 spiro atoms. The van der Waals surface area contributed by atoms with Crippen LogP contribution >= 0.6 is 0 Å². The van der Waals surface area contributed by atoms with E-state index < -0.39 is 6.10 Å². The van der Waals surface area contributed by atoms with Crippen molar-refractivity contribution in [3.63, 3.8) is 0 Å². The average Bonchev–Trinajstić information content (AvgIpc) is 2.79. The summed E-state index contributed by atoms with van der Waals surface area (Å²) in [4.78, 5) is 10.6. The highest BCUT2D eigenvalue weighted by Crippen LogP contribution is 2.34. The molecule has 1 atom stereocenters. The molecule has 7 nitrogen and oxygen atoms in total. The number of aliphatic hydroxyl groups is 1. The smallest absolute Gasteiger partial charge is 0.269 e. The molecule has 0 aromatic heterocycles. The number of likely N-dealkylation sites (tertiary alicyclic amines) is 1. The van der Waals surface area contributed by atoms with Crippen LogP contribution in [0.5, 0.6) is 11.5 Å². The van der Waals surface area contributed by atoms with Crippen LogP contribution < -0.4 is 9.47 Å². The number of benzene rings is 2. The van der Waals surface area contributed by atoms with Crippen molar-refractivity contribution in [2.75, 3.05) is 33.4 Å². The summed E-state index contributed by atoms with van der Waals surface area (Å²) in [5.41, 5.74) is 2.07. The van der Waals surface area contributed by atoms with E-state index in [0.717, 1.165) is 59.6 Å². The molecule has 0 amide bonds. The quantitative estimate of drug-likeness (QED) is 0.313. The van der Waals surface area contributed by atoms with Crippen LogP contribution in [0, 0.1) is 16.0 Å². The van der Waals surface area contributed by atoms with Crippen molar-refractivity contribution >= 4 is 5.69 Å². The Morgan fingerprint density at radius 1 is 1.15 bits per heavy atom. The van der Waals surface area contributed by atoms with Crippen LogP contribution in [0.2, 0.25) is 0 Å². The fourth-order valence-corrected chi connectivity index (χ4v) is 4.79. The molecular formula is C27H39N2O5+. The van der Waals surface area contributed by atoms with Gasteiger partial charge in [-0.1, -0.05) is 27.7 Å². The summed E-state index contributed by atoms with van der Waals surface area (Å²) in [7, 11) is 1.65. The third-order valence-electron chi connectivity index (χ3n) is 6.88. The molecule has 0 unspecified atom stereocenters. The first-order valence-corrected chi connectivity index (χ1v) is 12.1. The van der Waals surface area contributed by atoms with Crippen LogP contribution in [0.4, 0.5) is 5.69 Å². The Hall–Kier alpha value is -2.64. The lowest BCUT2D eigenvalue weighted by Gasteiger charge is -2.44. The van der Waals surface area contributed by atoms with Gasteiger partial charge < -0.3 is 19.1 Å². The summed E-state index contributed by atoms with van der Waals surface area (Å²) in [6, 6.07) is 12.6. The molecular weight excluding hydrogens is 432 g/mol. The average molecular weight is 472 g/mol. The van der Waals surface area contributed by atoms with Gasteiger partial charge in [-0.15, -0.1) is 0 Å². The molecule has 0 radical (unpaired) electrons. The number of quaternary nitrogens is 1. The molecule has 1 heterocycles. The highest BCUT2D eigenvalue weighted by molar-refractivity contribution is 5.44. The van der Waals surface area contributed by atoms with Gasteiger partial charge in [-0.3, -0.25) is 10.1 Å². The maximum absolute atomic E-state index is 11.0. The summed E-state index contributed by atoms with van der Waals surface area (Å²) in [5.74, 6) is 2.22. The van der Waals surface area contributed by atoms with Gasteiger partial charge in [0.1, 0.15) is 37.3 Å². The summed E-state index contributed by atoms with van der Waals surface area (Å²) in [5, 5.41) is 22.0. The first-order chi connectivity index (χ1) is 16.0. The van der Waals surface area contributed by atoms with Gasteiger partial charge in [0.25, 0.3) is 5.69 Å². The predicted molar refractivity (Wildman–Crippen MR) is 133 cm³/mol. The van der Waals surface area contributed by atoms with E-state index in [1.165, 1.54) is 0 Å². The van der Waals surface area contributed by atoms with Crippen LogP contribution in [0.25, 0.3) is 0 Å². The number of methoxy groups -OCH3 is 1. The highest BCUT2D eigenvalue weighted by Gasteiger charge is 2.35. The van der Waals surface area contributed by atoms with Crippen LogP contribution in [0.1, 0.15) is 51.7 Å². The first kappa shape index (κ1) is 26.0. The fraction of sp³-hybridized carbons (Fsp3) is 0.556. The van der Waals surface area contributed by atoms with Crippen LogP contribution in [0.15, 0.2) is 42.5 Å². The van der Waals surface area contributed by atoms with Gasteiger partial charge in [-0.25, -0.2) is 0 Å². The van der Waals surface area contributed by atoms with Gasteiger partial charge in [0.15, 0.2) is 0 Å². The van der Waals surface area contributed by atoms with Crippen molar-refractivity contribution < 1.29 is 24.0 Å². The standard InChI is InChI=1S/C27H39N2O5/c1-20-12-14-29(15-13-20,17-21-6-8-22(9-7-21)28(31)32)18-23(30)19-34-26-11-10-24(33-5)16-25(26)27(2,3)4/h6-11,16,20,23,30H,12-15,17-19H2,1-5H3/q+1/t20?,23-,29?/m0/s1. The summed E-state index contributed by atoms with van der Waals surface area (Å²) in [6.45, 7) is 12.2. The number of nitro benzene ring substituents is 1. The minimum absolute atomic E-state index is 0.102. The van der Waals surface area contributed by atoms with E-state index in [9.17, 15) is 15.2 Å². The molecule has 7 heteroatoms. The Morgan fingerprint density at radius 2 is 1.79 bits per heavy atom. The summed E-state index contributed by atoms with van der Waals surface area (Å²) < 4.78 is 12.3. The number of nitrogens with zero attached hydrogens (tertiary/aromatic N) is 2. The van der Waals surface area contributed by atoms with Crippen molar-refractivity contribution in [1.29, 1.82) is 0 Å². The zero-order chi connectivity index (χ0) is 24.9. The molecule has 0 aliphatic carbocycles. The molecule has 1 aliphatic heterocycles. The predicted octanol–water partition coefficient (Wildman–Crippen LogP) is 5.09. The Balaban J connectivity index is 1.72. The minimum atomic E-state index is -0.624. The van der Waals surface area contributed by atoms with E-state index in [-0.39, 0.29) is 22.6 Å². The van der Waals surface area contributed by atoms with E-state index in [4.69, 9.17) is 9.47 Å². The van der Waals surface area contributed by atoms with Crippen molar-refractivity contribution in [2.45, 2.75) is 58.6 Å². The number of aliphatic hydroxyl groups excluding tert-OH is 1. The van der Waals surface area contributed by atoms with Gasteiger partial charge in [0.05, 0.1) is 25.1 Å². The normalized spacial score (nSPS) is 21.6. The maximum atomic E-state index is 11.0. The summed E-state index contributed by atoms with van der Waals surface area (Å²) >= 11 is 0. The molecule has 1 N–H and O–H groups in total. The van der Waals surface area contributed by atoms with Gasteiger partial charge in [-0.2, -0.15) is 0 Å². The van der Waals surface area contributed by atoms with E-state index in [1.54, 1.807) is 19.2 Å². The second kappa shape index (κ2) is 10.7. The van der Waals surface area contributed by atoms with E-state index in [1.807, 2.05) is 30.3 Å². The lowest BCUT2D eigenvalue weighted by Crippen LogP contribution is -2.56. The number of rotatable bonds is 9. The molecule has 1 aliphatic rings. The number of piperidine rings is 1. The van der Waals surface area contributed by atoms with Gasteiger partial charge in [0, 0.05) is 23.3 Å². The third kappa shape index (κ3) is 6.70. The molecule has 2 aromatic carbocycles. The van der Waals surface area contributed by atoms with E-state index in [2.05, 4.69) is 27.7 Å². The van der Waals surface area contributed by atoms with Crippen LogP contribution in [-0.4, -0.2) is 54.0 Å². The monoisotopic (exact) mass is 471 g/mol. The molecule has 3 rings (SSSR count). The van der Waals surface area contributed by atoms with Crippen molar-refractivity contribution in [3.05, 3.63) is 63.7 Å². The molecule has 0 bridgehead atoms. The Labute approximate surface area is 203 Å². The second-order valence-electron chi connectivity index (χ2n) is 10.8.